The van der Waals surface area contributed by atoms with Gasteiger partial charge in [-0.2, -0.15) is 0 Å². The lowest BCUT2D eigenvalue weighted by molar-refractivity contribution is -0.0599. The molecule has 90 valence electrons. The zero-order chi connectivity index (χ0) is 11.3. The fourth-order valence-electron chi connectivity index (χ4n) is 2.30. The zero-order valence-electron chi connectivity index (χ0n) is 10.2. The van der Waals surface area contributed by atoms with Crippen molar-refractivity contribution in [2.75, 3.05) is 40.5 Å². The van der Waals surface area contributed by atoms with Crippen LogP contribution in [-0.4, -0.2) is 57.0 Å². The molecule has 0 aromatic rings. The molecule has 1 aliphatic heterocycles. The Hall–Kier alpha value is -0.160. The predicted octanol–water partition coefficient (Wildman–Crippen LogP) is 0.461. The first-order chi connectivity index (χ1) is 7.14. The van der Waals surface area contributed by atoms with Gasteiger partial charge in [0, 0.05) is 32.3 Å². The molecule has 4 heteroatoms. The smallest absolute Gasteiger partial charge is 0.0589 e. The summed E-state index contributed by atoms with van der Waals surface area (Å²) in [6, 6.07) is 0. The molecule has 0 bridgehead atoms. The van der Waals surface area contributed by atoms with Gasteiger partial charge in [0.15, 0.2) is 0 Å². The van der Waals surface area contributed by atoms with Crippen molar-refractivity contribution >= 4 is 0 Å². The standard InChI is InChI=1S/C11H24N2O2/c1-10-8-11(9-12,4-6-15-10)13(2)5-7-14-3/h10H,4-9,12H2,1-3H3. The first-order valence-electron chi connectivity index (χ1n) is 5.66. The lowest BCUT2D eigenvalue weighted by atomic mass is 9.85. The molecule has 0 saturated carbocycles. The quantitative estimate of drug-likeness (QED) is 0.725. The second-order valence-corrected chi connectivity index (χ2v) is 4.48. The normalized spacial score (nSPS) is 32.2. The van der Waals surface area contributed by atoms with Gasteiger partial charge in [-0.1, -0.05) is 0 Å². The molecule has 0 radical (unpaired) electrons. The Kier molecular flexibility index (Phi) is 4.99. The third-order valence-corrected chi connectivity index (χ3v) is 3.46. The number of hydrogen-bond donors (Lipinski definition) is 1. The summed E-state index contributed by atoms with van der Waals surface area (Å²) in [6.07, 6.45) is 2.35. The van der Waals surface area contributed by atoms with Crippen molar-refractivity contribution in [1.29, 1.82) is 0 Å². The van der Waals surface area contributed by atoms with E-state index in [0.717, 1.165) is 32.6 Å². The highest BCUT2D eigenvalue weighted by atomic mass is 16.5. The van der Waals surface area contributed by atoms with Gasteiger partial charge in [-0.25, -0.2) is 0 Å². The molecule has 0 spiro atoms. The van der Waals surface area contributed by atoms with Crippen molar-refractivity contribution in [1.82, 2.24) is 4.90 Å². The van der Waals surface area contributed by atoms with Crippen LogP contribution in [0.15, 0.2) is 0 Å². The summed E-state index contributed by atoms with van der Waals surface area (Å²) < 4.78 is 10.7. The van der Waals surface area contributed by atoms with E-state index in [2.05, 4.69) is 18.9 Å². The summed E-state index contributed by atoms with van der Waals surface area (Å²) >= 11 is 0. The van der Waals surface area contributed by atoms with E-state index in [1.807, 2.05) is 0 Å². The number of nitrogens with two attached hydrogens (primary N) is 1. The molecular formula is C11H24N2O2. The van der Waals surface area contributed by atoms with Gasteiger partial charge >= 0.3 is 0 Å². The highest BCUT2D eigenvalue weighted by Gasteiger charge is 2.37. The monoisotopic (exact) mass is 216 g/mol. The maximum Gasteiger partial charge on any atom is 0.0589 e. The molecule has 0 aliphatic carbocycles. The van der Waals surface area contributed by atoms with Gasteiger partial charge in [-0.15, -0.1) is 0 Å². The van der Waals surface area contributed by atoms with Crippen molar-refractivity contribution in [3.63, 3.8) is 0 Å². The van der Waals surface area contributed by atoms with Gasteiger partial charge in [0.05, 0.1) is 12.7 Å². The van der Waals surface area contributed by atoms with Crippen LogP contribution in [0.3, 0.4) is 0 Å². The van der Waals surface area contributed by atoms with Gasteiger partial charge in [-0.05, 0) is 26.8 Å². The number of rotatable bonds is 5. The van der Waals surface area contributed by atoms with Crippen LogP contribution >= 0.6 is 0 Å². The van der Waals surface area contributed by atoms with E-state index in [9.17, 15) is 0 Å². The highest BCUT2D eigenvalue weighted by molar-refractivity contribution is 4.94. The Morgan fingerprint density at radius 2 is 2.33 bits per heavy atom. The molecule has 0 aromatic heterocycles. The number of methoxy groups -OCH3 is 1. The first kappa shape index (κ1) is 12.9. The molecule has 2 unspecified atom stereocenters. The van der Waals surface area contributed by atoms with E-state index >= 15 is 0 Å². The maximum atomic E-state index is 5.94. The van der Waals surface area contributed by atoms with Crippen molar-refractivity contribution in [3.8, 4) is 0 Å². The minimum Gasteiger partial charge on any atom is -0.383 e. The van der Waals surface area contributed by atoms with Crippen molar-refractivity contribution in [2.24, 2.45) is 5.73 Å². The van der Waals surface area contributed by atoms with Crippen LogP contribution in [0.25, 0.3) is 0 Å². The Morgan fingerprint density at radius 3 is 2.87 bits per heavy atom. The van der Waals surface area contributed by atoms with Crippen molar-refractivity contribution in [3.05, 3.63) is 0 Å². The summed E-state index contributed by atoms with van der Waals surface area (Å²) in [4.78, 5) is 2.33. The van der Waals surface area contributed by atoms with Crippen LogP contribution in [0, 0.1) is 0 Å². The van der Waals surface area contributed by atoms with E-state index in [1.165, 1.54) is 0 Å². The van der Waals surface area contributed by atoms with Gasteiger partial charge in [0.1, 0.15) is 0 Å². The van der Waals surface area contributed by atoms with Crippen LogP contribution in [0.1, 0.15) is 19.8 Å². The predicted molar refractivity (Wildman–Crippen MR) is 60.9 cm³/mol. The average molecular weight is 216 g/mol. The molecular weight excluding hydrogens is 192 g/mol. The number of hydrogen-bond acceptors (Lipinski definition) is 4. The average Bonchev–Trinajstić information content (AvgIpc) is 2.25. The molecule has 1 fully saturated rings. The maximum absolute atomic E-state index is 5.94. The van der Waals surface area contributed by atoms with Crippen LogP contribution in [0.5, 0.6) is 0 Å². The SMILES string of the molecule is COCCN(C)C1(CN)CCOC(C)C1. The Balaban J connectivity index is 2.57. The van der Waals surface area contributed by atoms with Gasteiger partial charge in [0.25, 0.3) is 0 Å². The van der Waals surface area contributed by atoms with E-state index in [1.54, 1.807) is 7.11 Å². The molecule has 15 heavy (non-hydrogen) atoms. The van der Waals surface area contributed by atoms with Crippen LogP contribution < -0.4 is 5.73 Å². The molecule has 4 nitrogen and oxygen atoms in total. The van der Waals surface area contributed by atoms with E-state index in [-0.39, 0.29) is 5.54 Å². The third kappa shape index (κ3) is 3.14. The molecule has 1 heterocycles. The topological polar surface area (TPSA) is 47.7 Å². The largest absolute Gasteiger partial charge is 0.383 e. The van der Waals surface area contributed by atoms with E-state index < -0.39 is 0 Å². The number of nitrogens with zero attached hydrogens (tertiary/aromatic N) is 1. The van der Waals surface area contributed by atoms with Gasteiger partial charge in [-0.3, -0.25) is 4.90 Å². The zero-order valence-corrected chi connectivity index (χ0v) is 10.2. The van der Waals surface area contributed by atoms with Gasteiger partial charge in [0.2, 0.25) is 0 Å². The second-order valence-electron chi connectivity index (χ2n) is 4.48. The summed E-state index contributed by atoms with van der Waals surface area (Å²) in [5, 5.41) is 0. The molecule has 0 aromatic carbocycles. The number of likely N-dealkylation sites (N-methyl/N-ethyl adjacent to an activating group) is 1. The molecule has 2 N–H and O–H groups in total. The Morgan fingerprint density at radius 1 is 1.60 bits per heavy atom. The summed E-state index contributed by atoms with van der Waals surface area (Å²) in [6.45, 7) is 5.32. The van der Waals surface area contributed by atoms with E-state index in [0.29, 0.717) is 12.6 Å². The van der Waals surface area contributed by atoms with E-state index in [4.69, 9.17) is 15.2 Å². The molecule has 1 rings (SSSR count). The summed E-state index contributed by atoms with van der Waals surface area (Å²) in [5.41, 5.74) is 6.04. The lowest BCUT2D eigenvalue weighted by Gasteiger charge is -2.45. The van der Waals surface area contributed by atoms with Crippen molar-refractivity contribution in [2.45, 2.75) is 31.4 Å². The fourth-order valence-corrected chi connectivity index (χ4v) is 2.30. The molecule has 2 atom stereocenters. The number of ether oxygens (including phenoxy) is 2. The minimum atomic E-state index is 0.107. The first-order valence-corrected chi connectivity index (χ1v) is 5.66. The Bertz CT molecular complexity index is 189. The third-order valence-electron chi connectivity index (χ3n) is 3.46. The summed E-state index contributed by atoms with van der Waals surface area (Å²) in [5.74, 6) is 0. The molecule has 1 saturated heterocycles. The highest BCUT2D eigenvalue weighted by Crippen LogP contribution is 2.28. The molecule has 1 aliphatic rings. The second kappa shape index (κ2) is 5.80. The lowest BCUT2D eigenvalue weighted by Crippen LogP contribution is -2.57. The fraction of sp³-hybridized carbons (Fsp3) is 1.00. The van der Waals surface area contributed by atoms with Crippen molar-refractivity contribution < 1.29 is 9.47 Å². The van der Waals surface area contributed by atoms with Crippen LogP contribution in [-0.2, 0) is 9.47 Å². The molecule has 0 amide bonds. The minimum absolute atomic E-state index is 0.107. The Labute approximate surface area is 92.7 Å². The van der Waals surface area contributed by atoms with Crippen LogP contribution in [0.2, 0.25) is 0 Å². The van der Waals surface area contributed by atoms with Gasteiger partial charge < -0.3 is 15.2 Å². The van der Waals surface area contributed by atoms with Crippen LogP contribution in [0.4, 0.5) is 0 Å². The summed E-state index contributed by atoms with van der Waals surface area (Å²) in [7, 11) is 3.86.